The van der Waals surface area contributed by atoms with Crippen LogP contribution in [-0.2, 0) is 9.53 Å². The number of carbonyl (C=O) groups is 3. The number of imide groups is 1. The van der Waals surface area contributed by atoms with Gasteiger partial charge in [0.2, 0.25) is 0 Å². The van der Waals surface area contributed by atoms with Gasteiger partial charge in [-0.05, 0) is 26.0 Å². The molecule has 0 unspecified atom stereocenters. The number of carbonyl (C=O) groups excluding carboxylic acids is 3. The third-order valence-electron chi connectivity index (χ3n) is 2.69. The van der Waals surface area contributed by atoms with Crippen molar-refractivity contribution < 1.29 is 23.9 Å². The molecule has 0 aliphatic heterocycles. The number of benzene rings is 1. The summed E-state index contributed by atoms with van der Waals surface area (Å²) in [4.78, 5) is 34.7. The number of rotatable bonds is 4. The molecule has 0 bridgehead atoms. The molecule has 0 radical (unpaired) electrons. The lowest BCUT2D eigenvalue weighted by molar-refractivity contribution is -0.127. The Kier molecular flexibility index (Phi) is 5.71. The molecule has 0 heterocycles. The van der Waals surface area contributed by atoms with Crippen LogP contribution in [-0.4, -0.2) is 38.2 Å². The number of methoxy groups -OCH3 is 1. The molecule has 114 valence electrons. The predicted molar refractivity (Wildman–Crippen MR) is 75.2 cm³/mol. The third-order valence-corrected chi connectivity index (χ3v) is 2.69. The fourth-order valence-electron chi connectivity index (χ4n) is 1.53. The van der Waals surface area contributed by atoms with E-state index < -0.39 is 24.0 Å². The highest BCUT2D eigenvalue weighted by atomic mass is 16.5. The second kappa shape index (κ2) is 7.28. The molecule has 0 aliphatic carbocycles. The maximum atomic E-state index is 12.1. The minimum Gasteiger partial charge on any atom is -0.496 e. The van der Waals surface area contributed by atoms with Crippen LogP contribution in [0.3, 0.4) is 0 Å². The first-order valence-electron chi connectivity index (χ1n) is 6.27. The van der Waals surface area contributed by atoms with Crippen LogP contribution in [0.4, 0.5) is 4.79 Å². The van der Waals surface area contributed by atoms with Gasteiger partial charge in [0.25, 0.3) is 5.91 Å². The summed E-state index contributed by atoms with van der Waals surface area (Å²) in [5.74, 6) is -1.06. The first kappa shape index (κ1) is 16.5. The van der Waals surface area contributed by atoms with Gasteiger partial charge in [-0.2, -0.15) is 0 Å². The van der Waals surface area contributed by atoms with Crippen LogP contribution in [0.1, 0.15) is 22.8 Å². The standard InChI is InChI=1S/C14H18N2O5/c1-8-5-6-11(20-4)10(7-8)13(18)21-9(2)12(17)16-14(19)15-3/h5-7,9H,1-4H3,(H2,15,16,17,19)/t9-/m0/s1. The minimum atomic E-state index is -1.11. The SMILES string of the molecule is CNC(=O)NC(=O)[C@H](C)OC(=O)c1cc(C)ccc1OC. The van der Waals surface area contributed by atoms with Crippen molar-refractivity contribution in [1.29, 1.82) is 0 Å². The van der Waals surface area contributed by atoms with Gasteiger partial charge in [-0.1, -0.05) is 11.6 Å². The van der Waals surface area contributed by atoms with Crippen molar-refractivity contribution in [3.05, 3.63) is 29.3 Å². The van der Waals surface area contributed by atoms with Crippen molar-refractivity contribution >= 4 is 17.9 Å². The normalized spacial score (nSPS) is 11.2. The van der Waals surface area contributed by atoms with Crippen LogP contribution in [0.2, 0.25) is 0 Å². The number of hydrogen-bond donors (Lipinski definition) is 2. The van der Waals surface area contributed by atoms with E-state index >= 15 is 0 Å². The van der Waals surface area contributed by atoms with E-state index in [1.54, 1.807) is 18.2 Å². The zero-order valence-corrected chi connectivity index (χ0v) is 12.4. The van der Waals surface area contributed by atoms with Gasteiger partial charge in [0.1, 0.15) is 11.3 Å². The van der Waals surface area contributed by atoms with E-state index in [1.165, 1.54) is 21.1 Å². The molecule has 0 saturated heterocycles. The molecule has 0 aromatic heterocycles. The van der Waals surface area contributed by atoms with Crippen LogP contribution in [0.25, 0.3) is 0 Å². The van der Waals surface area contributed by atoms with Gasteiger partial charge in [-0.15, -0.1) is 0 Å². The zero-order chi connectivity index (χ0) is 16.0. The lowest BCUT2D eigenvalue weighted by Gasteiger charge is -2.14. The summed E-state index contributed by atoms with van der Waals surface area (Å²) < 4.78 is 10.1. The van der Waals surface area contributed by atoms with Gasteiger partial charge in [0.05, 0.1) is 7.11 Å². The summed E-state index contributed by atoms with van der Waals surface area (Å²) in [5.41, 5.74) is 1.07. The summed E-state index contributed by atoms with van der Waals surface area (Å²) in [6, 6.07) is 4.36. The lowest BCUT2D eigenvalue weighted by atomic mass is 10.1. The van der Waals surface area contributed by atoms with Gasteiger partial charge in [0, 0.05) is 7.05 Å². The molecule has 7 nitrogen and oxygen atoms in total. The molecule has 7 heteroatoms. The maximum absolute atomic E-state index is 12.1. The van der Waals surface area contributed by atoms with Crippen LogP contribution in [0.5, 0.6) is 5.75 Å². The smallest absolute Gasteiger partial charge is 0.342 e. The van der Waals surface area contributed by atoms with Crippen LogP contribution in [0, 0.1) is 6.92 Å². The van der Waals surface area contributed by atoms with Crippen LogP contribution < -0.4 is 15.4 Å². The number of urea groups is 1. The Morgan fingerprint density at radius 2 is 1.90 bits per heavy atom. The minimum absolute atomic E-state index is 0.220. The summed E-state index contributed by atoms with van der Waals surface area (Å²) in [5, 5.41) is 4.26. The number of aryl methyl sites for hydroxylation is 1. The second-order valence-corrected chi connectivity index (χ2v) is 4.32. The third kappa shape index (κ3) is 4.48. The van der Waals surface area contributed by atoms with E-state index in [9.17, 15) is 14.4 Å². The highest BCUT2D eigenvalue weighted by Crippen LogP contribution is 2.21. The van der Waals surface area contributed by atoms with E-state index in [0.717, 1.165) is 5.56 Å². The summed E-state index contributed by atoms with van der Waals surface area (Å²) in [7, 11) is 2.81. The number of nitrogens with one attached hydrogen (secondary N) is 2. The van der Waals surface area contributed by atoms with Gasteiger partial charge < -0.3 is 14.8 Å². The Morgan fingerprint density at radius 1 is 1.24 bits per heavy atom. The number of esters is 1. The number of amides is 3. The van der Waals surface area contributed by atoms with E-state index in [2.05, 4.69) is 5.32 Å². The Bertz CT molecular complexity index is 556. The van der Waals surface area contributed by atoms with E-state index in [-0.39, 0.29) is 5.56 Å². The summed E-state index contributed by atoms with van der Waals surface area (Å²) >= 11 is 0. The molecule has 21 heavy (non-hydrogen) atoms. The highest BCUT2D eigenvalue weighted by molar-refractivity contribution is 5.99. The Balaban J connectivity index is 2.79. The molecular formula is C14H18N2O5. The van der Waals surface area contributed by atoms with Crippen molar-refractivity contribution in [2.75, 3.05) is 14.2 Å². The topological polar surface area (TPSA) is 93.7 Å². The van der Waals surface area contributed by atoms with Gasteiger partial charge in [-0.3, -0.25) is 10.1 Å². The predicted octanol–water partition coefficient (Wildman–Crippen LogP) is 1.00. The fourth-order valence-corrected chi connectivity index (χ4v) is 1.53. The van der Waals surface area contributed by atoms with E-state index in [0.29, 0.717) is 5.75 Å². The van der Waals surface area contributed by atoms with Crippen LogP contribution in [0.15, 0.2) is 18.2 Å². The highest BCUT2D eigenvalue weighted by Gasteiger charge is 2.22. The Hall–Kier alpha value is -2.57. The molecule has 1 rings (SSSR count). The van der Waals surface area contributed by atoms with Crippen molar-refractivity contribution in [3.63, 3.8) is 0 Å². The van der Waals surface area contributed by atoms with Crippen molar-refractivity contribution in [1.82, 2.24) is 10.6 Å². The maximum Gasteiger partial charge on any atom is 0.342 e. The summed E-state index contributed by atoms with van der Waals surface area (Å²) in [6.45, 7) is 3.19. The average Bonchev–Trinajstić information content (AvgIpc) is 2.46. The molecule has 0 saturated carbocycles. The first-order valence-corrected chi connectivity index (χ1v) is 6.27. The average molecular weight is 294 g/mol. The fraction of sp³-hybridized carbons (Fsp3) is 0.357. The molecule has 1 atom stereocenters. The molecule has 0 fully saturated rings. The van der Waals surface area contributed by atoms with E-state index in [4.69, 9.17) is 9.47 Å². The molecule has 1 aromatic rings. The van der Waals surface area contributed by atoms with Gasteiger partial charge >= 0.3 is 12.0 Å². The van der Waals surface area contributed by atoms with Crippen molar-refractivity contribution in [2.24, 2.45) is 0 Å². The monoisotopic (exact) mass is 294 g/mol. The largest absolute Gasteiger partial charge is 0.496 e. The Labute approximate surface area is 122 Å². The molecule has 0 spiro atoms. The van der Waals surface area contributed by atoms with Gasteiger partial charge in [-0.25, -0.2) is 9.59 Å². The van der Waals surface area contributed by atoms with Crippen molar-refractivity contribution in [3.8, 4) is 5.75 Å². The summed E-state index contributed by atoms with van der Waals surface area (Å²) in [6.07, 6.45) is -1.11. The molecule has 3 amide bonds. The molecule has 0 aliphatic rings. The molecule has 2 N–H and O–H groups in total. The quantitative estimate of drug-likeness (QED) is 0.808. The molecule has 1 aromatic carbocycles. The second-order valence-electron chi connectivity index (χ2n) is 4.32. The Morgan fingerprint density at radius 3 is 2.48 bits per heavy atom. The van der Waals surface area contributed by atoms with Crippen LogP contribution >= 0.6 is 0 Å². The van der Waals surface area contributed by atoms with Crippen molar-refractivity contribution in [2.45, 2.75) is 20.0 Å². The number of ether oxygens (including phenoxy) is 2. The first-order chi connectivity index (χ1) is 9.88. The lowest BCUT2D eigenvalue weighted by Crippen LogP contribution is -2.43. The zero-order valence-electron chi connectivity index (χ0n) is 12.4. The molecular weight excluding hydrogens is 276 g/mol. The van der Waals surface area contributed by atoms with E-state index in [1.807, 2.05) is 12.2 Å². The number of hydrogen-bond acceptors (Lipinski definition) is 5. The van der Waals surface area contributed by atoms with Gasteiger partial charge in [0.15, 0.2) is 6.10 Å².